The standard InChI is InChI=1S/C13H18N2O2S2/c1-4-12(10-18-3)15(2)19(16,17)13-7-5-11(9-14)6-8-13/h5-8,12H,4,10H2,1-3H3. The van der Waals surface area contributed by atoms with Gasteiger partial charge in [-0.15, -0.1) is 0 Å². The van der Waals surface area contributed by atoms with E-state index in [2.05, 4.69) is 0 Å². The molecule has 0 radical (unpaired) electrons. The van der Waals surface area contributed by atoms with Crippen LogP contribution in [0, 0.1) is 11.3 Å². The first-order valence-electron chi connectivity index (χ1n) is 5.94. The fourth-order valence-corrected chi connectivity index (χ4v) is 4.10. The maximum atomic E-state index is 12.4. The van der Waals surface area contributed by atoms with Crippen molar-refractivity contribution in [3.05, 3.63) is 29.8 Å². The van der Waals surface area contributed by atoms with Crippen LogP contribution in [-0.4, -0.2) is 37.8 Å². The lowest BCUT2D eigenvalue weighted by Crippen LogP contribution is -2.38. The predicted octanol–water partition coefficient (Wildman–Crippen LogP) is 2.32. The Hall–Kier alpha value is -1.03. The van der Waals surface area contributed by atoms with E-state index in [0.29, 0.717) is 5.56 Å². The molecule has 0 aliphatic heterocycles. The van der Waals surface area contributed by atoms with Crippen LogP contribution in [0.25, 0.3) is 0 Å². The van der Waals surface area contributed by atoms with Gasteiger partial charge in [-0.25, -0.2) is 8.42 Å². The van der Waals surface area contributed by atoms with Crippen molar-refractivity contribution in [2.75, 3.05) is 19.1 Å². The molecule has 0 saturated carbocycles. The van der Waals surface area contributed by atoms with Crippen LogP contribution >= 0.6 is 11.8 Å². The van der Waals surface area contributed by atoms with E-state index in [-0.39, 0.29) is 10.9 Å². The van der Waals surface area contributed by atoms with Crippen LogP contribution in [-0.2, 0) is 10.0 Å². The highest BCUT2D eigenvalue weighted by atomic mass is 32.2. The summed E-state index contributed by atoms with van der Waals surface area (Å²) < 4.78 is 26.3. The summed E-state index contributed by atoms with van der Waals surface area (Å²) in [7, 11) is -1.88. The topological polar surface area (TPSA) is 61.2 Å². The summed E-state index contributed by atoms with van der Waals surface area (Å²) in [6.45, 7) is 1.98. The fraction of sp³-hybridized carbons (Fsp3) is 0.462. The minimum absolute atomic E-state index is 0.0179. The molecule has 104 valence electrons. The van der Waals surface area contributed by atoms with Crippen molar-refractivity contribution in [1.82, 2.24) is 4.31 Å². The second-order valence-corrected chi connectivity index (χ2v) is 7.08. The minimum atomic E-state index is -3.49. The highest BCUT2D eigenvalue weighted by molar-refractivity contribution is 7.98. The van der Waals surface area contributed by atoms with Gasteiger partial charge in [-0.2, -0.15) is 21.3 Å². The van der Waals surface area contributed by atoms with E-state index in [9.17, 15) is 8.42 Å². The molecule has 4 nitrogen and oxygen atoms in total. The van der Waals surface area contributed by atoms with Crippen molar-refractivity contribution in [1.29, 1.82) is 5.26 Å². The number of rotatable bonds is 6. The van der Waals surface area contributed by atoms with E-state index < -0.39 is 10.0 Å². The third kappa shape index (κ3) is 3.72. The SMILES string of the molecule is CCC(CSC)N(C)S(=O)(=O)c1ccc(C#N)cc1. The summed E-state index contributed by atoms with van der Waals surface area (Å²) in [5, 5.41) is 8.72. The van der Waals surface area contributed by atoms with Crippen LogP contribution in [0.15, 0.2) is 29.2 Å². The lowest BCUT2D eigenvalue weighted by Gasteiger charge is -2.26. The molecule has 6 heteroatoms. The van der Waals surface area contributed by atoms with Crippen molar-refractivity contribution in [3.8, 4) is 6.07 Å². The van der Waals surface area contributed by atoms with Gasteiger partial charge in [0.15, 0.2) is 0 Å². The highest BCUT2D eigenvalue weighted by Crippen LogP contribution is 2.20. The smallest absolute Gasteiger partial charge is 0.207 e. The molecule has 1 atom stereocenters. The normalized spacial score (nSPS) is 13.2. The molecule has 0 amide bonds. The number of thioether (sulfide) groups is 1. The zero-order chi connectivity index (χ0) is 14.5. The monoisotopic (exact) mass is 298 g/mol. The largest absolute Gasteiger partial charge is 0.243 e. The zero-order valence-electron chi connectivity index (χ0n) is 11.3. The van der Waals surface area contributed by atoms with Gasteiger partial charge in [-0.1, -0.05) is 6.92 Å². The highest BCUT2D eigenvalue weighted by Gasteiger charge is 2.26. The van der Waals surface area contributed by atoms with Crippen molar-refractivity contribution in [2.45, 2.75) is 24.3 Å². The van der Waals surface area contributed by atoms with Crippen LogP contribution < -0.4 is 0 Å². The van der Waals surface area contributed by atoms with E-state index in [0.717, 1.165) is 12.2 Å². The number of nitrogens with zero attached hydrogens (tertiary/aromatic N) is 2. The molecule has 1 unspecified atom stereocenters. The van der Waals surface area contributed by atoms with Crippen molar-refractivity contribution in [2.24, 2.45) is 0 Å². The molecular weight excluding hydrogens is 280 g/mol. The summed E-state index contributed by atoms with van der Waals surface area (Å²) in [5.74, 6) is 0.766. The van der Waals surface area contributed by atoms with Crippen LogP contribution in [0.2, 0.25) is 0 Å². The maximum absolute atomic E-state index is 12.4. The molecule has 19 heavy (non-hydrogen) atoms. The lowest BCUT2D eigenvalue weighted by atomic mass is 10.2. The fourth-order valence-electron chi connectivity index (χ4n) is 1.74. The summed E-state index contributed by atoms with van der Waals surface area (Å²) >= 11 is 1.63. The summed E-state index contributed by atoms with van der Waals surface area (Å²) in [4.78, 5) is 0.230. The van der Waals surface area contributed by atoms with Gasteiger partial charge >= 0.3 is 0 Å². The molecule has 0 bridgehead atoms. The average Bonchev–Trinajstić information content (AvgIpc) is 2.44. The van der Waals surface area contributed by atoms with Gasteiger partial charge in [0.1, 0.15) is 0 Å². The van der Waals surface area contributed by atoms with Gasteiger partial charge in [0, 0.05) is 18.8 Å². The van der Waals surface area contributed by atoms with Crippen molar-refractivity contribution in [3.63, 3.8) is 0 Å². The number of benzene rings is 1. The summed E-state index contributed by atoms with van der Waals surface area (Å²) in [6.07, 6.45) is 2.73. The summed E-state index contributed by atoms with van der Waals surface area (Å²) in [5.41, 5.74) is 0.456. The first kappa shape index (κ1) is 16.0. The molecule has 0 aliphatic rings. The molecule has 0 heterocycles. The predicted molar refractivity (Wildman–Crippen MR) is 78.6 cm³/mol. The molecule has 0 aliphatic carbocycles. The van der Waals surface area contributed by atoms with E-state index in [4.69, 9.17) is 5.26 Å². The van der Waals surface area contributed by atoms with Gasteiger partial charge in [-0.05, 0) is 36.9 Å². The van der Waals surface area contributed by atoms with Crippen molar-refractivity contribution >= 4 is 21.8 Å². The lowest BCUT2D eigenvalue weighted by molar-refractivity contribution is 0.385. The molecule has 0 aromatic heterocycles. The van der Waals surface area contributed by atoms with E-state index in [1.807, 2.05) is 19.2 Å². The Bertz CT molecular complexity index is 547. The molecule has 0 fully saturated rings. The Morgan fingerprint density at radius 3 is 2.37 bits per heavy atom. The van der Waals surface area contributed by atoms with E-state index in [1.54, 1.807) is 18.8 Å². The Kier molecular flexibility index (Phi) is 5.85. The Morgan fingerprint density at radius 2 is 1.95 bits per heavy atom. The molecule has 0 spiro atoms. The van der Waals surface area contributed by atoms with Gasteiger partial charge in [0.2, 0.25) is 10.0 Å². The zero-order valence-corrected chi connectivity index (χ0v) is 13.0. The van der Waals surface area contributed by atoms with Crippen LogP contribution in [0.4, 0.5) is 0 Å². The Morgan fingerprint density at radius 1 is 1.37 bits per heavy atom. The van der Waals surface area contributed by atoms with Gasteiger partial charge in [-0.3, -0.25) is 0 Å². The van der Waals surface area contributed by atoms with E-state index in [1.165, 1.54) is 28.6 Å². The molecule has 1 aromatic carbocycles. The molecular formula is C13H18N2O2S2. The van der Waals surface area contributed by atoms with Gasteiger partial charge in [0.05, 0.1) is 16.5 Å². The second-order valence-electron chi connectivity index (χ2n) is 4.17. The first-order chi connectivity index (χ1) is 8.97. The summed E-state index contributed by atoms with van der Waals surface area (Å²) in [6, 6.07) is 7.97. The average molecular weight is 298 g/mol. The molecule has 0 N–H and O–H groups in total. The number of hydrogen-bond acceptors (Lipinski definition) is 4. The van der Waals surface area contributed by atoms with Gasteiger partial charge < -0.3 is 0 Å². The first-order valence-corrected chi connectivity index (χ1v) is 8.77. The van der Waals surface area contributed by atoms with Crippen LogP contribution in [0.3, 0.4) is 0 Å². The van der Waals surface area contributed by atoms with Gasteiger partial charge in [0.25, 0.3) is 0 Å². The second kappa shape index (κ2) is 6.94. The number of hydrogen-bond donors (Lipinski definition) is 0. The Balaban J connectivity index is 3.05. The van der Waals surface area contributed by atoms with Crippen molar-refractivity contribution < 1.29 is 8.42 Å². The van der Waals surface area contributed by atoms with Crippen LogP contribution in [0.5, 0.6) is 0 Å². The van der Waals surface area contributed by atoms with Crippen LogP contribution in [0.1, 0.15) is 18.9 Å². The Labute approximate surface area is 119 Å². The third-order valence-corrected chi connectivity index (χ3v) is 5.65. The molecule has 1 rings (SSSR count). The molecule has 1 aromatic rings. The number of nitriles is 1. The van der Waals surface area contributed by atoms with E-state index >= 15 is 0 Å². The molecule has 0 saturated heterocycles. The quantitative estimate of drug-likeness (QED) is 0.808. The maximum Gasteiger partial charge on any atom is 0.243 e. The number of sulfonamides is 1. The minimum Gasteiger partial charge on any atom is -0.207 e. The third-order valence-electron chi connectivity index (χ3n) is 3.00.